The summed E-state index contributed by atoms with van der Waals surface area (Å²) in [6, 6.07) is 1.23. The molecule has 21 heavy (non-hydrogen) atoms. The van der Waals surface area contributed by atoms with Crippen LogP contribution in [0.2, 0.25) is 0 Å². The molecule has 5 nitrogen and oxygen atoms in total. The molecule has 1 rings (SSSR count). The van der Waals surface area contributed by atoms with Crippen LogP contribution in [0.1, 0.15) is 26.7 Å². The van der Waals surface area contributed by atoms with Gasteiger partial charge in [0.05, 0.1) is 0 Å². The van der Waals surface area contributed by atoms with Gasteiger partial charge in [-0.15, -0.1) is 0 Å². The summed E-state index contributed by atoms with van der Waals surface area (Å²) < 4.78 is 27.3. The van der Waals surface area contributed by atoms with Crippen LogP contribution >= 0.6 is 15.9 Å². The van der Waals surface area contributed by atoms with Gasteiger partial charge in [-0.25, -0.2) is 13.6 Å². The Hall–Kier alpha value is -1.70. The Labute approximate surface area is 128 Å². The maximum Gasteiger partial charge on any atom is 0.319 e. The van der Waals surface area contributed by atoms with E-state index in [-0.39, 0.29) is 17.3 Å². The van der Waals surface area contributed by atoms with Crippen LogP contribution in [0.4, 0.5) is 19.3 Å². The number of aliphatic carboxylic acids is 1. The number of carbonyl (C=O) groups excluding carboxylic acids is 1. The van der Waals surface area contributed by atoms with Crippen molar-refractivity contribution in [2.24, 2.45) is 0 Å². The van der Waals surface area contributed by atoms with Crippen LogP contribution < -0.4 is 10.6 Å². The Morgan fingerprint density at radius 2 is 1.81 bits per heavy atom. The minimum absolute atomic E-state index is 0.131. The van der Waals surface area contributed by atoms with Crippen molar-refractivity contribution in [2.75, 3.05) is 5.32 Å². The summed E-state index contributed by atoms with van der Waals surface area (Å²) in [6.45, 7) is 3.23. The molecule has 2 amide bonds. The predicted octanol–water partition coefficient (Wildman–Crippen LogP) is 3.49. The summed E-state index contributed by atoms with van der Waals surface area (Å²) in [5, 5.41) is 13.2. The van der Waals surface area contributed by atoms with Gasteiger partial charge in [-0.2, -0.15) is 0 Å². The van der Waals surface area contributed by atoms with Gasteiger partial charge in [-0.05, 0) is 32.4 Å². The number of carbonyl (C=O) groups is 2. The Morgan fingerprint density at radius 3 is 2.29 bits per heavy atom. The molecule has 0 saturated heterocycles. The van der Waals surface area contributed by atoms with E-state index in [1.54, 1.807) is 13.8 Å². The van der Waals surface area contributed by atoms with Gasteiger partial charge in [0.1, 0.15) is 5.69 Å². The van der Waals surface area contributed by atoms with Crippen molar-refractivity contribution in [2.45, 2.75) is 32.2 Å². The summed E-state index contributed by atoms with van der Waals surface area (Å²) in [6.07, 6.45) is 0.0509. The van der Waals surface area contributed by atoms with Crippen molar-refractivity contribution in [1.29, 1.82) is 0 Å². The Kier molecular flexibility index (Phi) is 5.65. The number of benzene rings is 1. The largest absolute Gasteiger partial charge is 0.481 e. The second-order valence-electron chi connectivity index (χ2n) is 5.10. The summed E-state index contributed by atoms with van der Waals surface area (Å²) in [5.74, 6) is -2.82. The first-order valence-corrected chi connectivity index (χ1v) is 6.85. The minimum atomic E-state index is -0.990. The van der Waals surface area contributed by atoms with E-state index < -0.39 is 34.9 Å². The second kappa shape index (κ2) is 6.84. The molecular formula is C13H15BrF2N2O3. The zero-order valence-corrected chi connectivity index (χ0v) is 13.1. The number of carboxylic acid groups (broad SMARTS) is 1. The van der Waals surface area contributed by atoms with Gasteiger partial charge in [-0.1, -0.05) is 15.9 Å². The predicted molar refractivity (Wildman–Crippen MR) is 77.2 cm³/mol. The molecule has 0 aliphatic carbocycles. The fraction of sp³-hybridized carbons (Fsp3) is 0.385. The number of carboxylic acids is 1. The maximum absolute atomic E-state index is 13.6. The first-order valence-electron chi connectivity index (χ1n) is 6.06. The van der Waals surface area contributed by atoms with Crippen LogP contribution in [0, 0.1) is 11.6 Å². The van der Waals surface area contributed by atoms with Gasteiger partial charge in [0.25, 0.3) is 0 Å². The molecule has 116 valence electrons. The number of rotatable bonds is 5. The highest BCUT2D eigenvalue weighted by Gasteiger charge is 2.23. The quantitative estimate of drug-likeness (QED) is 0.748. The monoisotopic (exact) mass is 364 g/mol. The molecule has 8 heteroatoms. The van der Waals surface area contributed by atoms with E-state index in [1.165, 1.54) is 0 Å². The molecule has 0 radical (unpaired) electrons. The van der Waals surface area contributed by atoms with Crippen LogP contribution in [0.15, 0.2) is 16.6 Å². The maximum atomic E-state index is 13.6. The molecule has 0 unspecified atom stereocenters. The van der Waals surface area contributed by atoms with E-state index in [0.29, 0.717) is 0 Å². The second-order valence-corrected chi connectivity index (χ2v) is 6.02. The lowest BCUT2D eigenvalue weighted by atomic mass is 9.99. The zero-order chi connectivity index (χ0) is 16.2. The van der Waals surface area contributed by atoms with Gasteiger partial charge in [-0.3, -0.25) is 4.79 Å². The number of hydrogen-bond acceptors (Lipinski definition) is 2. The van der Waals surface area contributed by atoms with Crippen molar-refractivity contribution in [3.05, 3.63) is 28.2 Å². The van der Waals surface area contributed by atoms with E-state index in [9.17, 15) is 18.4 Å². The molecule has 0 aliphatic rings. The molecule has 0 spiro atoms. The topological polar surface area (TPSA) is 78.4 Å². The third kappa shape index (κ3) is 5.66. The lowest BCUT2D eigenvalue weighted by Crippen LogP contribution is -2.46. The standard InChI is InChI=1S/C13H15BrF2N2O3/c1-13(2,4-3-10(19)20)18-12(21)17-11-8(15)5-7(14)6-9(11)16/h5-6H,3-4H2,1-2H3,(H,19,20)(H2,17,18,21). The first kappa shape index (κ1) is 17.4. The van der Waals surface area contributed by atoms with Gasteiger partial charge < -0.3 is 15.7 Å². The summed E-state index contributed by atoms with van der Waals surface area (Å²) in [5.41, 5.74) is -1.39. The lowest BCUT2D eigenvalue weighted by Gasteiger charge is -2.25. The van der Waals surface area contributed by atoms with Crippen LogP contribution in [0.25, 0.3) is 0 Å². The van der Waals surface area contributed by atoms with Gasteiger partial charge in [0.2, 0.25) is 0 Å². The SMILES string of the molecule is CC(C)(CCC(=O)O)NC(=O)Nc1c(F)cc(Br)cc1F. The van der Waals surface area contributed by atoms with E-state index in [0.717, 1.165) is 12.1 Å². The number of urea groups is 1. The van der Waals surface area contributed by atoms with Crippen LogP contribution in [-0.4, -0.2) is 22.6 Å². The molecule has 3 N–H and O–H groups in total. The van der Waals surface area contributed by atoms with Crippen molar-refractivity contribution in [3.8, 4) is 0 Å². The van der Waals surface area contributed by atoms with Gasteiger partial charge in [0, 0.05) is 16.4 Å². The molecule has 0 bridgehead atoms. The Balaban J connectivity index is 2.72. The highest BCUT2D eigenvalue weighted by Crippen LogP contribution is 2.24. The molecule has 0 aromatic heterocycles. The molecular weight excluding hydrogens is 350 g/mol. The number of amides is 2. The van der Waals surface area contributed by atoms with E-state index in [4.69, 9.17) is 5.11 Å². The molecule has 0 heterocycles. The normalized spacial score (nSPS) is 11.1. The fourth-order valence-corrected chi connectivity index (χ4v) is 2.00. The van der Waals surface area contributed by atoms with E-state index in [1.807, 2.05) is 0 Å². The zero-order valence-electron chi connectivity index (χ0n) is 11.5. The third-order valence-electron chi connectivity index (χ3n) is 2.66. The average molecular weight is 365 g/mol. The molecule has 0 aliphatic heterocycles. The number of anilines is 1. The molecule has 1 aromatic rings. The van der Waals surface area contributed by atoms with E-state index >= 15 is 0 Å². The van der Waals surface area contributed by atoms with Crippen LogP contribution in [0.3, 0.4) is 0 Å². The van der Waals surface area contributed by atoms with Crippen LogP contribution in [-0.2, 0) is 4.79 Å². The Bertz CT molecular complexity index is 541. The summed E-state index contributed by atoms with van der Waals surface area (Å²) in [4.78, 5) is 22.3. The summed E-state index contributed by atoms with van der Waals surface area (Å²) >= 11 is 2.93. The minimum Gasteiger partial charge on any atom is -0.481 e. The number of hydrogen-bond donors (Lipinski definition) is 3. The number of halogens is 3. The lowest BCUT2D eigenvalue weighted by molar-refractivity contribution is -0.137. The third-order valence-corrected chi connectivity index (χ3v) is 3.12. The van der Waals surface area contributed by atoms with Crippen molar-refractivity contribution in [3.63, 3.8) is 0 Å². The fourth-order valence-electron chi connectivity index (χ4n) is 1.60. The molecule has 1 aromatic carbocycles. The highest BCUT2D eigenvalue weighted by atomic mass is 79.9. The Morgan fingerprint density at radius 1 is 1.29 bits per heavy atom. The van der Waals surface area contributed by atoms with Crippen LogP contribution in [0.5, 0.6) is 0 Å². The summed E-state index contributed by atoms with van der Waals surface area (Å²) in [7, 11) is 0. The van der Waals surface area contributed by atoms with Gasteiger partial charge in [0.15, 0.2) is 11.6 Å². The van der Waals surface area contributed by atoms with Crippen molar-refractivity contribution >= 4 is 33.6 Å². The molecule has 0 atom stereocenters. The average Bonchev–Trinajstić information content (AvgIpc) is 2.31. The first-order chi connectivity index (χ1) is 9.60. The van der Waals surface area contributed by atoms with E-state index in [2.05, 4.69) is 26.6 Å². The van der Waals surface area contributed by atoms with Crippen molar-refractivity contribution < 1.29 is 23.5 Å². The molecule has 0 saturated carbocycles. The van der Waals surface area contributed by atoms with Gasteiger partial charge >= 0.3 is 12.0 Å². The molecule has 0 fully saturated rings. The highest BCUT2D eigenvalue weighted by molar-refractivity contribution is 9.10. The smallest absolute Gasteiger partial charge is 0.319 e. The van der Waals surface area contributed by atoms with Crippen molar-refractivity contribution in [1.82, 2.24) is 5.32 Å². The number of nitrogens with one attached hydrogen (secondary N) is 2.